The second-order valence-electron chi connectivity index (χ2n) is 9.28. The number of ether oxygens (including phenoxy) is 2. The Morgan fingerprint density at radius 1 is 0.897 bits per heavy atom. The Bertz CT molecular complexity index is 648. The summed E-state index contributed by atoms with van der Waals surface area (Å²) in [5.41, 5.74) is 7.31. The van der Waals surface area contributed by atoms with Crippen LogP contribution in [0.4, 0.5) is 10.5 Å². The quantitative estimate of drug-likeness (QED) is 0.340. The van der Waals surface area contributed by atoms with Crippen LogP contribution in [0.3, 0.4) is 0 Å². The lowest BCUT2D eigenvalue weighted by Gasteiger charge is -2.26. The summed E-state index contributed by atoms with van der Waals surface area (Å²) in [7, 11) is 12.2. The number of esters is 1. The molecule has 0 radical (unpaired) electrons. The van der Waals surface area contributed by atoms with Crippen LogP contribution < -0.4 is 5.73 Å². The number of carbonyl (C=O) groups is 2. The number of carbonyl (C=O) groups excluding carboxylic acids is 2. The van der Waals surface area contributed by atoms with E-state index in [4.69, 9.17) is 15.2 Å². The molecular formula is C21H38N4O4+2. The van der Waals surface area contributed by atoms with E-state index in [2.05, 4.69) is 0 Å². The summed E-state index contributed by atoms with van der Waals surface area (Å²) >= 11 is 0. The molecule has 1 rings (SSSR count). The van der Waals surface area contributed by atoms with Gasteiger partial charge in [-0.3, -0.25) is 4.79 Å². The maximum atomic E-state index is 12.6. The SMILES string of the molecule is C[N+](C)(C)CCOC(=O)CCN(Cc1ccc(N)cc1)C(=O)OCC[N+](C)(C)C. The number of quaternary nitrogens is 2. The van der Waals surface area contributed by atoms with E-state index >= 15 is 0 Å². The Labute approximate surface area is 174 Å². The van der Waals surface area contributed by atoms with Gasteiger partial charge in [0.05, 0.1) is 48.7 Å². The van der Waals surface area contributed by atoms with Crippen molar-refractivity contribution < 1.29 is 28.0 Å². The summed E-state index contributed by atoms with van der Waals surface area (Å²) in [6.07, 6.45) is -0.314. The summed E-state index contributed by atoms with van der Waals surface area (Å²) in [4.78, 5) is 26.2. The summed E-state index contributed by atoms with van der Waals surface area (Å²) in [5, 5.41) is 0. The van der Waals surface area contributed by atoms with Gasteiger partial charge < -0.3 is 29.1 Å². The molecule has 0 unspecified atom stereocenters. The van der Waals surface area contributed by atoms with Crippen molar-refractivity contribution in [3.8, 4) is 0 Å². The minimum atomic E-state index is -0.436. The van der Waals surface area contributed by atoms with Crippen molar-refractivity contribution in [1.29, 1.82) is 0 Å². The molecular weight excluding hydrogens is 372 g/mol. The van der Waals surface area contributed by atoms with E-state index < -0.39 is 6.09 Å². The molecule has 1 aromatic rings. The van der Waals surface area contributed by atoms with Crippen LogP contribution in [0.25, 0.3) is 0 Å². The second kappa shape index (κ2) is 11.0. The molecule has 0 fully saturated rings. The molecule has 0 aliphatic heterocycles. The van der Waals surface area contributed by atoms with Crippen LogP contribution in [0.1, 0.15) is 12.0 Å². The molecule has 0 heterocycles. The van der Waals surface area contributed by atoms with E-state index in [0.29, 0.717) is 36.5 Å². The molecule has 0 spiro atoms. The van der Waals surface area contributed by atoms with Gasteiger partial charge in [-0.15, -0.1) is 0 Å². The van der Waals surface area contributed by atoms with Gasteiger partial charge in [0.25, 0.3) is 0 Å². The van der Waals surface area contributed by atoms with Crippen LogP contribution in [0, 0.1) is 0 Å². The summed E-state index contributed by atoms with van der Waals surface area (Å²) in [6, 6.07) is 7.30. The average Bonchev–Trinajstić information content (AvgIpc) is 2.57. The molecule has 0 bridgehead atoms. The minimum absolute atomic E-state index is 0.122. The fraction of sp³-hybridized carbons (Fsp3) is 0.619. The fourth-order valence-electron chi connectivity index (χ4n) is 2.31. The monoisotopic (exact) mass is 410 g/mol. The highest BCUT2D eigenvalue weighted by molar-refractivity contribution is 5.72. The number of nitrogens with zero attached hydrogens (tertiary/aromatic N) is 3. The first kappa shape index (κ1) is 24.7. The van der Waals surface area contributed by atoms with Crippen molar-refractivity contribution in [2.24, 2.45) is 0 Å². The van der Waals surface area contributed by atoms with Crippen molar-refractivity contribution in [2.75, 3.05) is 80.9 Å². The Hall–Kier alpha value is -2.32. The first-order valence-electron chi connectivity index (χ1n) is 9.88. The number of hydrogen-bond acceptors (Lipinski definition) is 5. The third-order valence-corrected chi connectivity index (χ3v) is 4.21. The maximum Gasteiger partial charge on any atom is 0.410 e. The number of likely N-dealkylation sites (N-methyl/N-ethyl adjacent to an activating group) is 2. The molecule has 0 atom stereocenters. The Morgan fingerprint density at radius 3 is 1.93 bits per heavy atom. The van der Waals surface area contributed by atoms with E-state index in [-0.39, 0.29) is 18.9 Å². The summed E-state index contributed by atoms with van der Waals surface area (Å²) in [6.45, 7) is 2.68. The van der Waals surface area contributed by atoms with E-state index in [1.54, 1.807) is 12.1 Å². The molecule has 1 amide bonds. The summed E-state index contributed by atoms with van der Waals surface area (Å²) < 4.78 is 12.1. The van der Waals surface area contributed by atoms with E-state index in [9.17, 15) is 9.59 Å². The molecule has 0 aliphatic carbocycles. The van der Waals surface area contributed by atoms with Crippen molar-refractivity contribution in [3.63, 3.8) is 0 Å². The van der Waals surface area contributed by atoms with Gasteiger partial charge in [-0.05, 0) is 17.7 Å². The van der Waals surface area contributed by atoms with Gasteiger partial charge in [0, 0.05) is 18.8 Å². The standard InChI is InChI=1S/C21H38N4O4/c1-24(2,3)13-15-28-20(26)11-12-23(17-18-7-9-19(22)10-8-18)21(27)29-16-14-25(4,5)6/h7-10H,11-17,22H2,1-6H3/q+2. The molecule has 8 heteroatoms. The van der Waals surface area contributed by atoms with Gasteiger partial charge in [0.15, 0.2) is 0 Å². The van der Waals surface area contributed by atoms with Crippen molar-refractivity contribution >= 4 is 17.7 Å². The molecule has 0 aromatic heterocycles. The normalized spacial score (nSPS) is 11.8. The van der Waals surface area contributed by atoms with Gasteiger partial charge >= 0.3 is 12.1 Å². The number of rotatable bonds is 11. The zero-order chi connectivity index (χ0) is 22.1. The number of benzene rings is 1. The molecule has 2 N–H and O–H groups in total. The molecule has 0 saturated heterocycles. The maximum absolute atomic E-state index is 12.6. The van der Waals surface area contributed by atoms with Crippen LogP contribution in [0.5, 0.6) is 0 Å². The van der Waals surface area contributed by atoms with Crippen LogP contribution >= 0.6 is 0 Å². The van der Waals surface area contributed by atoms with Crippen molar-refractivity contribution in [1.82, 2.24) is 4.90 Å². The highest BCUT2D eigenvalue weighted by atomic mass is 16.6. The van der Waals surface area contributed by atoms with Gasteiger partial charge in [0.1, 0.15) is 26.3 Å². The Kier molecular flexibility index (Phi) is 9.39. The predicted molar refractivity (Wildman–Crippen MR) is 114 cm³/mol. The fourth-order valence-corrected chi connectivity index (χ4v) is 2.31. The number of nitrogen functional groups attached to an aromatic ring is 1. The van der Waals surface area contributed by atoms with Gasteiger partial charge in [-0.1, -0.05) is 12.1 Å². The summed E-state index contributed by atoms with van der Waals surface area (Å²) in [5.74, 6) is -0.320. The lowest BCUT2D eigenvalue weighted by Crippen LogP contribution is -2.40. The zero-order valence-corrected chi connectivity index (χ0v) is 18.8. The third-order valence-electron chi connectivity index (χ3n) is 4.21. The Balaban J connectivity index is 2.62. The van der Waals surface area contributed by atoms with E-state index in [1.807, 2.05) is 54.4 Å². The van der Waals surface area contributed by atoms with Gasteiger partial charge in [0.2, 0.25) is 0 Å². The van der Waals surface area contributed by atoms with E-state index in [0.717, 1.165) is 16.6 Å². The van der Waals surface area contributed by atoms with Gasteiger partial charge in [-0.2, -0.15) is 0 Å². The first-order chi connectivity index (χ1) is 13.4. The molecule has 164 valence electrons. The van der Waals surface area contributed by atoms with E-state index in [1.165, 1.54) is 4.90 Å². The number of nitrogens with two attached hydrogens (primary N) is 1. The molecule has 1 aromatic carbocycles. The molecule has 8 nitrogen and oxygen atoms in total. The van der Waals surface area contributed by atoms with Crippen LogP contribution in [0.2, 0.25) is 0 Å². The predicted octanol–water partition coefficient (Wildman–Crippen LogP) is 1.55. The number of amides is 1. The van der Waals surface area contributed by atoms with Crippen LogP contribution in [-0.4, -0.2) is 101 Å². The lowest BCUT2D eigenvalue weighted by molar-refractivity contribution is -0.870. The van der Waals surface area contributed by atoms with Crippen LogP contribution in [-0.2, 0) is 20.8 Å². The lowest BCUT2D eigenvalue weighted by atomic mass is 10.2. The van der Waals surface area contributed by atoms with Crippen molar-refractivity contribution in [2.45, 2.75) is 13.0 Å². The zero-order valence-electron chi connectivity index (χ0n) is 18.8. The Morgan fingerprint density at radius 2 is 1.41 bits per heavy atom. The largest absolute Gasteiger partial charge is 0.460 e. The van der Waals surface area contributed by atoms with Crippen molar-refractivity contribution in [3.05, 3.63) is 29.8 Å². The first-order valence-corrected chi connectivity index (χ1v) is 9.88. The second-order valence-corrected chi connectivity index (χ2v) is 9.28. The number of anilines is 1. The van der Waals surface area contributed by atoms with Crippen LogP contribution in [0.15, 0.2) is 24.3 Å². The average molecular weight is 411 g/mol. The number of hydrogen-bond donors (Lipinski definition) is 1. The highest BCUT2D eigenvalue weighted by Gasteiger charge is 2.19. The topological polar surface area (TPSA) is 81.9 Å². The third kappa shape index (κ3) is 12.0. The van der Waals surface area contributed by atoms with Gasteiger partial charge in [-0.25, -0.2) is 4.79 Å². The highest BCUT2D eigenvalue weighted by Crippen LogP contribution is 2.11. The molecule has 29 heavy (non-hydrogen) atoms. The smallest absolute Gasteiger partial charge is 0.410 e. The molecule has 0 aliphatic rings. The molecule has 0 saturated carbocycles. The minimum Gasteiger partial charge on any atom is -0.460 e.